The molecule has 104 valence electrons. The summed E-state index contributed by atoms with van der Waals surface area (Å²) in [5, 5.41) is 2.62. The Morgan fingerprint density at radius 1 is 1.37 bits per heavy atom. The van der Waals surface area contributed by atoms with Gasteiger partial charge in [0, 0.05) is 19.5 Å². The molecule has 0 bridgehead atoms. The monoisotopic (exact) mass is 272 g/mol. The third kappa shape index (κ3) is 3.07. The lowest BCUT2D eigenvalue weighted by molar-refractivity contribution is -0.139. The minimum absolute atomic E-state index is 0.0640. The van der Waals surface area contributed by atoms with Gasteiger partial charge in [0.25, 0.3) is 0 Å². The molecule has 1 aliphatic heterocycles. The minimum Gasteiger partial charge on any atom is -0.356 e. The third-order valence-electron chi connectivity index (χ3n) is 3.35. The number of halogens is 3. The first-order chi connectivity index (χ1) is 8.91. The molecule has 0 aromatic heterocycles. The Balaban J connectivity index is 2.41. The van der Waals surface area contributed by atoms with E-state index in [1.165, 1.54) is 6.07 Å². The molecule has 6 heteroatoms. The second kappa shape index (κ2) is 5.21. The highest BCUT2D eigenvalue weighted by Crippen LogP contribution is 2.38. The van der Waals surface area contributed by atoms with Crippen LogP contribution >= 0.6 is 0 Å². The van der Waals surface area contributed by atoms with Crippen LogP contribution in [0.3, 0.4) is 0 Å². The maximum Gasteiger partial charge on any atom is 0.416 e. The molecule has 2 rings (SSSR count). The van der Waals surface area contributed by atoms with E-state index in [9.17, 15) is 18.0 Å². The number of carbonyl (C=O) groups is 1. The molecule has 0 aliphatic carbocycles. The molecule has 1 aromatic rings. The first kappa shape index (κ1) is 13.9. The van der Waals surface area contributed by atoms with Gasteiger partial charge in [-0.25, -0.2) is 0 Å². The summed E-state index contributed by atoms with van der Waals surface area (Å²) in [5.41, 5.74) is 5.35. The van der Waals surface area contributed by atoms with Crippen molar-refractivity contribution in [2.45, 2.75) is 31.5 Å². The van der Waals surface area contributed by atoms with Crippen LogP contribution in [0, 0.1) is 0 Å². The first-order valence-electron chi connectivity index (χ1n) is 6.08. The van der Waals surface area contributed by atoms with Gasteiger partial charge in [0.1, 0.15) is 0 Å². The van der Waals surface area contributed by atoms with Crippen molar-refractivity contribution < 1.29 is 18.0 Å². The summed E-state index contributed by atoms with van der Waals surface area (Å²) in [6.45, 7) is 0.480. The highest BCUT2D eigenvalue weighted by Gasteiger charge is 2.36. The van der Waals surface area contributed by atoms with Gasteiger partial charge in [0.15, 0.2) is 0 Å². The van der Waals surface area contributed by atoms with E-state index >= 15 is 0 Å². The predicted octanol–water partition coefficient (Wildman–Crippen LogP) is 2.16. The molecule has 1 heterocycles. The number of nitrogens with two attached hydrogens (primary N) is 1. The van der Waals surface area contributed by atoms with E-state index < -0.39 is 11.7 Å². The van der Waals surface area contributed by atoms with E-state index in [0.29, 0.717) is 18.5 Å². The Hall–Kier alpha value is -1.56. The molecule has 0 saturated carbocycles. The van der Waals surface area contributed by atoms with E-state index in [2.05, 4.69) is 5.32 Å². The number of nitrogens with one attached hydrogen (secondary N) is 1. The SMILES string of the molecule is NCc1ccc(C2CCNC(=O)C2)c(C(F)(F)F)c1. The van der Waals surface area contributed by atoms with Crippen LogP contribution in [0.1, 0.15) is 35.4 Å². The number of amides is 1. The van der Waals surface area contributed by atoms with Gasteiger partial charge in [-0.3, -0.25) is 4.79 Å². The number of piperidine rings is 1. The number of rotatable bonds is 2. The maximum atomic E-state index is 13.1. The number of carbonyl (C=O) groups excluding carboxylic acids is 1. The van der Waals surface area contributed by atoms with Gasteiger partial charge in [-0.2, -0.15) is 13.2 Å². The summed E-state index contributed by atoms with van der Waals surface area (Å²) in [7, 11) is 0. The molecule has 0 radical (unpaired) electrons. The molecule has 1 unspecified atom stereocenters. The van der Waals surface area contributed by atoms with Crippen LogP contribution < -0.4 is 11.1 Å². The lowest BCUT2D eigenvalue weighted by Gasteiger charge is -2.25. The molecule has 1 fully saturated rings. The Kier molecular flexibility index (Phi) is 3.80. The highest BCUT2D eigenvalue weighted by atomic mass is 19.4. The molecule has 3 N–H and O–H groups in total. The van der Waals surface area contributed by atoms with Crippen LogP contribution in [0.4, 0.5) is 13.2 Å². The smallest absolute Gasteiger partial charge is 0.356 e. The van der Waals surface area contributed by atoms with Crippen molar-refractivity contribution in [3.63, 3.8) is 0 Å². The van der Waals surface area contributed by atoms with E-state index in [-0.39, 0.29) is 30.4 Å². The first-order valence-corrected chi connectivity index (χ1v) is 6.08. The lowest BCUT2D eigenvalue weighted by Crippen LogP contribution is -2.33. The standard InChI is InChI=1S/C13H15F3N2O/c14-13(15,16)11-5-8(7-17)1-2-10(11)9-3-4-18-12(19)6-9/h1-2,5,9H,3-4,6-7,17H2,(H,18,19). The van der Waals surface area contributed by atoms with Crippen molar-refractivity contribution in [3.8, 4) is 0 Å². The van der Waals surface area contributed by atoms with Gasteiger partial charge in [-0.1, -0.05) is 12.1 Å². The average molecular weight is 272 g/mol. The summed E-state index contributed by atoms with van der Waals surface area (Å²) in [6.07, 6.45) is -3.80. The van der Waals surface area contributed by atoms with Gasteiger partial charge < -0.3 is 11.1 Å². The summed E-state index contributed by atoms with van der Waals surface area (Å²) >= 11 is 0. The molecule has 3 nitrogen and oxygen atoms in total. The summed E-state index contributed by atoms with van der Waals surface area (Å²) in [6, 6.07) is 4.13. The number of benzene rings is 1. The third-order valence-corrected chi connectivity index (χ3v) is 3.35. The molecule has 1 amide bonds. The largest absolute Gasteiger partial charge is 0.416 e. The zero-order chi connectivity index (χ0) is 14.0. The molecule has 1 saturated heterocycles. The molecule has 1 atom stereocenters. The van der Waals surface area contributed by atoms with Gasteiger partial charge >= 0.3 is 6.18 Å². The molecule has 1 aliphatic rings. The van der Waals surface area contributed by atoms with Crippen molar-refractivity contribution in [2.75, 3.05) is 6.54 Å². The number of hydrogen-bond acceptors (Lipinski definition) is 2. The quantitative estimate of drug-likeness (QED) is 0.866. The van der Waals surface area contributed by atoms with Crippen LogP contribution in [-0.2, 0) is 17.5 Å². The van der Waals surface area contributed by atoms with Crippen LogP contribution in [0.25, 0.3) is 0 Å². The predicted molar refractivity (Wildman–Crippen MR) is 64.3 cm³/mol. The van der Waals surface area contributed by atoms with Gasteiger partial charge in [-0.15, -0.1) is 0 Å². The summed E-state index contributed by atoms with van der Waals surface area (Å²) in [4.78, 5) is 11.3. The Morgan fingerprint density at radius 2 is 2.11 bits per heavy atom. The summed E-state index contributed by atoms with van der Waals surface area (Å²) in [5.74, 6) is -0.579. The van der Waals surface area contributed by atoms with Gasteiger partial charge in [-0.05, 0) is 29.5 Å². The highest BCUT2D eigenvalue weighted by molar-refractivity contribution is 5.77. The zero-order valence-electron chi connectivity index (χ0n) is 10.3. The van der Waals surface area contributed by atoms with Crippen LogP contribution in [0.2, 0.25) is 0 Å². The van der Waals surface area contributed by atoms with E-state index in [1.54, 1.807) is 6.07 Å². The molecule has 1 aromatic carbocycles. The Bertz CT molecular complexity index is 485. The molecular formula is C13H15F3N2O. The molecule has 19 heavy (non-hydrogen) atoms. The van der Waals surface area contributed by atoms with Crippen LogP contribution in [0.15, 0.2) is 18.2 Å². The second-order valence-corrected chi connectivity index (χ2v) is 4.66. The zero-order valence-corrected chi connectivity index (χ0v) is 10.3. The fraction of sp³-hybridized carbons (Fsp3) is 0.462. The maximum absolute atomic E-state index is 13.1. The van der Waals surface area contributed by atoms with Gasteiger partial charge in [0.2, 0.25) is 5.91 Å². The van der Waals surface area contributed by atoms with E-state index in [4.69, 9.17) is 5.73 Å². The van der Waals surface area contributed by atoms with Crippen molar-refractivity contribution in [1.82, 2.24) is 5.32 Å². The van der Waals surface area contributed by atoms with E-state index in [1.807, 2.05) is 0 Å². The van der Waals surface area contributed by atoms with Crippen molar-refractivity contribution in [3.05, 3.63) is 34.9 Å². The second-order valence-electron chi connectivity index (χ2n) is 4.66. The number of hydrogen-bond donors (Lipinski definition) is 2. The van der Waals surface area contributed by atoms with Gasteiger partial charge in [0.05, 0.1) is 5.56 Å². The lowest BCUT2D eigenvalue weighted by atomic mass is 9.86. The van der Waals surface area contributed by atoms with E-state index in [0.717, 1.165) is 6.07 Å². The van der Waals surface area contributed by atoms with Crippen molar-refractivity contribution in [1.29, 1.82) is 0 Å². The fourth-order valence-electron chi connectivity index (χ4n) is 2.38. The topological polar surface area (TPSA) is 55.1 Å². The Morgan fingerprint density at radius 3 is 2.68 bits per heavy atom. The van der Waals surface area contributed by atoms with Crippen LogP contribution in [-0.4, -0.2) is 12.5 Å². The summed E-state index contributed by atoms with van der Waals surface area (Å²) < 4.78 is 39.2. The van der Waals surface area contributed by atoms with Crippen LogP contribution in [0.5, 0.6) is 0 Å². The average Bonchev–Trinajstić information content (AvgIpc) is 2.37. The fourth-order valence-corrected chi connectivity index (χ4v) is 2.38. The van der Waals surface area contributed by atoms with Crippen molar-refractivity contribution >= 4 is 5.91 Å². The van der Waals surface area contributed by atoms with Crippen molar-refractivity contribution in [2.24, 2.45) is 5.73 Å². The normalized spacial score (nSPS) is 20.2. The Labute approximate surface area is 109 Å². The molecule has 0 spiro atoms. The minimum atomic E-state index is -4.42. The molecular weight excluding hydrogens is 257 g/mol. The number of alkyl halides is 3.